The van der Waals surface area contributed by atoms with Crippen LogP contribution in [0, 0.1) is 0 Å². The van der Waals surface area contributed by atoms with Crippen LogP contribution in [0.3, 0.4) is 0 Å². The molecular formula is C18H13Cl2NO4S. The number of hydrogen-bond acceptors (Lipinski definition) is 5. The second-order valence-corrected chi connectivity index (χ2v) is 7.08. The summed E-state index contributed by atoms with van der Waals surface area (Å²) in [6, 6.07) is 12.1. The standard InChI is InChI=1S/C18H13Cl2NO4S/c1-24-13-5-3-2-4-12(13)21-15(22)9-25-18(23)17-16(20)11-7-6-10(19)8-14(11)26-17/h2-8H,9H2,1H3,(H,21,22). The van der Waals surface area contributed by atoms with Crippen molar-refractivity contribution in [1.82, 2.24) is 0 Å². The van der Waals surface area contributed by atoms with E-state index in [1.54, 1.807) is 42.5 Å². The number of hydrogen-bond donors (Lipinski definition) is 1. The van der Waals surface area contributed by atoms with E-state index < -0.39 is 18.5 Å². The van der Waals surface area contributed by atoms with Crippen LogP contribution in [-0.2, 0) is 9.53 Å². The molecule has 0 aliphatic heterocycles. The first-order valence-corrected chi connectivity index (χ1v) is 9.04. The number of carbonyl (C=O) groups excluding carboxylic acids is 2. The molecule has 134 valence electrons. The molecule has 8 heteroatoms. The van der Waals surface area contributed by atoms with Crippen molar-refractivity contribution in [2.24, 2.45) is 0 Å². The number of halogens is 2. The number of esters is 1. The Morgan fingerprint density at radius 1 is 1.15 bits per heavy atom. The average Bonchev–Trinajstić information content (AvgIpc) is 2.96. The second kappa shape index (κ2) is 7.95. The zero-order valence-corrected chi connectivity index (χ0v) is 15.9. The number of methoxy groups -OCH3 is 1. The summed E-state index contributed by atoms with van der Waals surface area (Å²) >= 11 is 13.4. The van der Waals surface area contributed by atoms with E-state index in [2.05, 4.69) is 5.32 Å². The Kier molecular flexibility index (Phi) is 5.66. The van der Waals surface area contributed by atoms with Gasteiger partial charge in [0, 0.05) is 15.1 Å². The number of fused-ring (bicyclic) bond motifs is 1. The Hall–Kier alpha value is -2.28. The highest BCUT2D eigenvalue weighted by atomic mass is 35.5. The van der Waals surface area contributed by atoms with Gasteiger partial charge in [-0.15, -0.1) is 11.3 Å². The molecule has 0 radical (unpaired) electrons. The lowest BCUT2D eigenvalue weighted by molar-refractivity contribution is -0.119. The molecule has 0 spiro atoms. The summed E-state index contributed by atoms with van der Waals surface area (Å²) in [5.41, 5.74) is 0.491. The van der Waals surface area contributed by atoms with Crippen LogP contribution >= 0.6 is 34.5 Å². The van der Waals surface area contributed by atoms with E-state index in [9.17, 15) is 9.59 Å². The number of ether oxygens (including phenoxy) is 2. The number of carbonyl (C=O) groups is 2. The molecule has 3 rings (SSSR count). The van der Waals surface area contributed by atoms with Crippen LogP contribution in [0.15, 0.2) is 42.5 Å². The Labute approximate surface area is 163 Å². The van der Waals surface area contributed by atoms with E-state index in [1.165, 1.54) is 18.4 Å². The fourth-order valence-corrected chi connectivity index (χ4v) is 3.98. The first-order chi connectivity index (χ1) is 12.5. The Morgan fingerprint density at radius 3 is 2.69 bits per heavy atom. The van der Waals surface area contributed by atoms with Gasteiger partial charge in [0.25, 0.3) is 5.91 Å². The third kappa shape index (κ3) is 3.93. The van der Waals surface area contributed by atoms with Gasteiger partial charge in [0.1, 0.15) is 10.6 Å². The summed E-state index contributed by atoms with van der Waals surface area (Å²) in [4.78, 5) is 24.5. The van der Waals surface area contributed by atoms with E-state index >= 15 is 0 Å². The van der Waals surface area contributed by atoms with Crippen molar-refractivity contribution in [3.8, 4) is 5.75 Å². The highest BCUT2D eigenvalue weighted by Gasteiger charge is 2.20. The number of nitrogens with one attached hydrogen (secondary N) is 1. The second-order valence-electron chi connectivity index (χ2n) is 5.21. The van der Waals surface area contributed by atoms with Gasteiger partial charge in [0.05, 0.1) is 17.8 Å². The summed E-state index contributed by atoms with van der Waals surface area (Å²) in [6.45, 7) is -0.442. The summed E-state index contributed by atoms with van der Waals surface area (Å²) < 4.78 is 11.0. The van der Waals surface area contributed by atoms with E-state index in [0.717, 1.165) is 4.70 Å². The Bertz CT molecular complexity index is 986. The molecule has 0 aliphatic rings. The maximum absolute atomic E-state index is 12.3. The topological polar surface area (TPSA) is 64.6 Å². The number of thiophene rings is 1. The maximum atomic E-state index is 12.3. The van der Waals surface area contributed by atoms with Gasteiger partial charge in [-0.25, -0.2) is 4.79 Å². The highest BCUT2D eigenvalue weighted by molar-refractivity contribution is 7.21. The van der Waals surface area contributed by atoms with Crippen LogP contribution in [0.5, 0.6) is 5.75 Å². The van der Waals surface area contributed by atoms with Gasteiger partial charge in [-0.3, -0.25) is 4.79 Å². The van der Waals surface area contributed by atoms with E-state index in [0.29, 0.717) is 21.8 Å². The van der Waals surface area contributed by atoms with Gasteiger partial charge in [0.2, 0.25) is 0 Å². The molecule has 0 fully saturated rings. The Morgan fingerprint density at radius 2 is 1.92 bits per heavy atom. The number of anilines is 1. The molecular weight excluding hydrogens is 397 g/mol. The summed E-state index contributed by atoms with van der Waals surface area (Å²) in [7, 11) is 1.50. The third-order valence-corrected chi connectivity index (χ3v) is 5.36. The van der Waals surface area contributed by atoms with Crippen molar-refractivity contribution in [3.05, 3.63) is 57.4 Å². The minimum Gasteiger partial charge on any atom is -0.495 e. The van der Waals surface area contributed by atoms with Crippen molar-refractivity contribution < 1.29 is 19.1 Å². The fraction of sp³-hybridized carbons (Fsp3) is 0.111. The summed E-state index contributed by atoms with van der Waals surface area (Å²) in [5, 5.41) is 4.18. The monoisotopic (exact) mass is 409 g/mol. The van der Waals surface area contributed by atoms with E-state index in [1.807, 2.05) is 0 Å². The van der Waals surface area contributed by atoms with Crippen LogP contribution in [0.25, 0.3) is 10.1 Å². The minimum absolute atomic E-state index is 0.231. The Balaban J connectivity index is 1.67. The van der Waals surface area contributed by atoms with Gasteiger partial charge < -0.3 is 14.8 Å². The van der Waals surface area contributed by atoms with Crippen molar-refractivity contribution in [3.63, 3.8) is 0 Å². The van der Waals surface area contributed by atoms with Gasteiger partial charge in [-0.05, 0) is 24.3 Å². The number of benzene rings is 2. The van der Waals surface area contributed by atoms with E-state index in [4.69, 9.17) is 32.7 Å². The molecule has 26 heavy (non-hydrogen) atoms. The predicted molar refractivity (Wildman–Crippen MR) is 104 cm³/mol. The quantitative estimate of drug-likeness (QED) is 0.601. The maximum Gasteiger partial charge on any atom is 0.350 e. The molecule has 5 nitrogen and oxygen atoms in total. The highest BCUT2D eigenvalue weighted by Crippen LogP contribution is 2.37. The smallest absolute Gasteiger partial charge is 0.350 e. The lowest BCUT2D eigenvalue weighted by Gasteiger charge is -2.09. The molecule has 0 aliphatic carbocycles. The first kappa shape index (κ1) is 18.5. The minimum atomic E-state index is -0.664. The predicted octanol–water partition coefficient (Wildman–Crippen LogP) is 5.01. The number of rotatable bonds is 5. The zero-order chi connectivity index (χ0) is 18.7. The average molecular weight is 410 g/mol. The van der Waals surface area contributed by atoms with Gasteiger partial charge >= 0.3 is 5.97 Å². The van der Waals surface area contributed by atoms with Crippen LogP contribution in [0.1, 0.15) is 9.67 Å². The summed E-state index contributed by atoms with van der Waals surface area (Å²) in [6.07, 6.45) is 0. The van der Waals surface area contributed by atoms with Crippen molar-refractivity contribution >= 4 is 62.2 Å². The molecule has 0 saturated heterocycles. The molecule has 3 aromatic rings. The van der Waals surface area contributed by atoms with Crippen LogP contribution in [0.2, 0.25) is 10.0 Å². The molecule has 0 bridgehead atoms. The normalized spacial score (nSPS) is 10.6. The van der Waals surface area contributed by atoms with Crippen molar-refractivity contribution in [2.75, 3.05) is 19.0 Å². The van der Waals surface area contributed by atoms with Crippen LogP contribution < -0.4 is 10.1 Å². The molecule has 0 atom stereocenters. The molecule has 0 saturated carbocycles. The number of para-hydroxylation sites is 2. The third-order valence-electron chi connectivity index (χ3n) is 3.49. The molecule has 1 amide bonds. The molecule has 1 N–H and O–H groups in total. The van der Waals surface area contributed by atoms with E-state index in [-0.39, 0.29) is 9.90 Å². The van der Waals surface area contributed by atoms with Crippen molar-refractivity contribution in [1.29, 1.82) is 0 Å². The zero-order valence-electron chi connectivity index (χ0n) is 13.5. The van der Waals surface area contributed by atoms with Crippen LogP contribution in [0.4, 0.5) is 5.69 Å². The molecule has 1 heterocycles. The largest absolute Gasteiger partial charge is 0.495 e. The van der Waals surface area contributed by atoms with Gasteiger partial charge in [-0.2, -0.15) is 0 Å². The molecule has 0 unspecified atom stereocenters. The van der Waals surface area contributed by atoms with Crippen molar-refractivity contribution in [2.45, 2.75) is 0 Å². The van der Waals surface area contributed by atoms with Gasteiger partial charge in [-0.1, -0.05) is 41.4 Å². The lowest BCUT2D eigenvalue weighted by Crippen LogP contribution is -2.21. The summed E-state index contributed by atoms with van der Waals surface area (Å²) in [5.74, 6) is -0.637. The number of amides is 1. The first-order valence-electron chi connectivity index (χ1n) is 7.47. The lowest BCUT2D eigenvalue weighted by atomic mass is 10.2. The van der Waals surface area contributed by atoms with Gasteiger partial charge in [0.15, 0.2) is 6.61 Å². The molecule has 1 aromatic heterocycles. The SMILES string of the molecule is COc1ccccc1NC(=O)COC(=O)c1sc2cc(Cl)ccc2c1Cl. The van der Waals surface area contributed by atoms with Crippen LogP contribution in [-0.4, -0.2) is 25.6 Å². The molecule has 2 aromatic carbocycles. The fourth-order valence-electron chi connectivity index (χ4n) is 2.30.